The standard InChI is InChI=1S/C12H16BrN5O/c1-7-8(5-18(3)17-7)11-15-9(6-19-4)10(13)12(14-2)16-11/h5H,6H2,1-4H3,(H,14,15,16). The maximum absolute atomic E-state index is 5.17. The predicted octanol–water partition coefficient (Wildman–Crippen LogP) is 2.14. The van der Waals surface area contributed by atoms with Crippen LogP contribution in [0.3, 0.4) is 0 Å². The van der Waals surface area contributed by atoms with Crippen LogP contribution in [0.4, 0.5) is 5.82 Å². The predicted molar refractivity (Wildman–Crippen MR) is 76.9 cm³/mol. The Kier molecular flexibility index (Phi) is 4.16. The van der Waals surface area contributed by atoms with E-state index in [2.05, 4.69) is 36.3 Å². The number of nitrogens with zero attached hydrogens (tertiary/aromatic N) is 4. The highest BCUT2D eigenvalue weighted by atomic mass is 79.9. The van der Waals surface area contributed by atoms with Crippen LogP contribution < -0.4 is 5.32 Å². The van der Waals surface area contributed by atoms with Gasteiger partial charge >= 0.3 is 0 Å². The van der Waals surface area contributed by atoms with Crippen molar-refractivity contribution in [1.29, 1.82) is 0 Å². The average molecular weight is 326 g/mol. The fourth-order valence-corrected chi connectivity index (χ4v) is 2.32. The summed E-state index contributed by atoms with van der Waals surface area (Å²) in [6.45, 7) is 2.36. The van der Waals surface area contributed by atoms with E-state index in [1.165, 1.54) is 0 Å². The van der Waals surface area contributed by atoms with Crippen LogP contribution in [-0.2, 0) is 18.4 Å². The van der Waals surface area contributed by atoms with Gasteiger partial charge < -0.3 is 10.1 Å². The normalized spacial score (nSPS) is 10.8. The van der Waals surface area contributed by atoms with Crippen LogP contribution in [0.25, 0.3) is 11.4 Å². The Labute approximate surface area is 120 Å². The van der Waals surface area contributed by atoms with E-state index >= 15 is 0 Å². The minimum absolute atomic E-state index is 0.421. The van der Waals surface area contributed by atoms with Gasteiger partial charge in [-0.05, 0) is 22.9 Å². The van der Waals surface area contributed by atoms with Gasteiger partial charge in [-0.25, -0.2) is 9.97 Å². The summed E-state index contributed by atoms with van der Waals surface area (Å²) >= 11 is 3.48. The topological polar surface area (TPSA) is 64.9 Å². The highest BCUT2D eigenvalue weighted by molar-refractivity contribution is 9.10. The van der Waals surface area contributed by atoms with Crippen LogP contribution in [0.5, 0.6) is 0 Å². The van der Waals surface area contributed by atoms with Gasteiger partial charge in [0.2, 0.25) is 0 Å². The zero-order valence-corrected chi connectivity index (χ0v) is 12.9. The van der Waals surface area contributed by atoms with Crippen molar-refractivity contribution in [1.82, 2.24) is 19.7 Å². The van der Waals surface area contributed by atoms with Crippen LogP contribution in [-0.4, -0.2) is 33.9 Å². The van der Waals surface area contributed by atoms with Crippen LogP contribution >= 0.6 is 15.9 Å². The van der Waals surface area contributed by atoms with Crippen molar-refractivity contribution >= 4 is 21.7 Å². The van der Waals surface area contributed by atoms with E-state index in [1.807, 2.05) is 27.2 Å². The third-order valence-electron chi connectivity index (χ3n) is 2.69. The summed E-state index contributed by atoms with van der Waals surface area (Å²) in [5, 5.41) is 7.36. The first-order valence-corrected chi connectivity index (χ1v) is 6.59. The summed E-state index contributed by atoms with van der Waals surface area (Å²) in [6.07, 6.45) is 1.91. The number of halogens is 1. The van der Waals surface area contributed by atoms with Crippen LogP contribution in [0, 0.1) is 6.92 Å². The second-order valence-corrected chi connectivity index (χ2v) is 4.93. The van der Waals surface area contributed by atoms with Gasteiger partial charge in [0.15, 0.2) is 5.82 Å². The van der Waals surface area contributed by atoms with Crippen molar-refractivity contribution in [2.75, 3.05) is 19.5 Å². The molecular weight excluding hydrogens is 310 g/mol. The molecule has 0 atom stereocenters. The molecule has 1 N–H and O–H groups in total. The quantitative estimate of drug-likeness (QED) is 0.932. The third kappa shape index (κ3) is 2.76. The molecule has 0 saturated heterocycles. The number of rotatable bonds is 4. The molecule has 0 fully saturated rings. The van der Waals surface area contributed by atoms with Crippen LogP contribution in [0.15, 0.2) is 10.7 Å². The number of nitrogens with one attached hydrogen (secondary N) is 1. The molecule has 0 amide bonds. The highest BCUT2D eigenvalue weighted by Crippen LogP contribution is 2.28. The molecule has 0 aliphatic carbocycles. The monoisotopic (exact) mass is 325 g/mol. The molecule has 7 heteroatoms. The fraction of sp³-hybridized carbons (Fsp3) is 0.417. The molecule has 0 spiro atoms. The number of hydrogen-bond acceptors (Lipinski definition) is 5. The second kappa shape index (κ2) is 5.66. The molecule has 2 heterocycles. The van der Waals surface area contributed by atoms with Gasteiger partial charge in [0.05, 0.1) is 28.0 Å². The molecule has 2 aromatic heterocycles. The molecule has 6 nitrogen and oxygen atoms in total. The number of aryl methyl sites for hydroxylation is 2. The highest BCUT2D eigenvalue weighted by Gasteiger charge is 2.15. The van der Waals surface area contributed by atoms with Gasteiger partial charge in [-0.2, -0.15) is 5.10 Å². The first-order valence-electron chi connectivity index (χ1n) is 5.80. The van der Waals surface area contributed by atoms with Crippen molar-refractivity contribution in [3.63, 3.8) is 0 Å². The molecule has 0 radical (unpaired) electrons. The van der Waals surface area contributed by atoms with Gasteiger partial charge in [-0.3, -0.25) is 4.68 Å². The zero-order valence-electron chi connectivity index (χ0n) is 11.4. The summed E-state index contributed by atoms with van der Waals surface area (Å²) in [6, 6.07) is 0. The first-order chi connectivity index (χ1) is 9.06. The van der Waals surface area contributed by atoms with Crippen LogP contribution in [0.2, 0.25) is 0 Å². The van der Waals surface area contributed by atoms with Gasteiger partial charge in [0, 0.05) is 27.4 Å². The summed E-state index contributed by atoms with van der Waals surface area (Å²) in [7, 11) is 5.34. The zero-order chi connectivity index (χ0) is 14.0. The molecule has 0 bridgehead atoms. The molecule has 19 heavy (non-hydrogen) atoms. The molecule has 102 valence electrons. The molecule has 2 rings (SSSR count). The van der Waals surface area contributed by atoms with E-state index in [0.717, 1.165) is 27.2 Å². The van der Waals surface area contributed by atoms with Gasteiger partial charge in [-0.15, -0.1) is 0 Å². The number of anilines is 1. The van der Waals surface area contributed by atoms with Crippen molar-refractivity contribution in [3.8, 4) is 11.4 Å². The molecule has 0 aliphatic heterocycles. The lowest BCUT2D eigenvalue weighted by molar-refractivity contribution is 0.181. The summed E-state index contributed by atoms with van der Waals surface area (Å²) < 4.78 is 7.74. The Morgan fingerprint density at radius 3 is 2.68 bits per heavy atom. The minimum Gasteiger partial charge on any atom is -0.378 e. The lowest BCUT2D eigenvalue weighted by Crippen LogP contribution is -2.04. The number of hydrogen-bond donors (Lipinski definition) is 1. The Hall–Kier alpha value is -1.47. The number of aromatic nitrogens is 4. The summed E-state index contributed by atoms with van der Waals surface area (Å²) in [4.78, 5) is 9.04. The van der Waals surface area contributed by atoms with Gasteiger partial charge in [0.1, 0.15) is 5.82 Å². The molecule has 0 saturated carbocycles. The third-order valence-corrected chi connectivity index (χ3v) is 3.53. The smallest absolute Gasteiger partial charge is 0.165 e. The van der Waals surface area contributed by atoms with E-state index < -0.39 is 0 Å². The van der Waals surface area contributed by atoms with E-state index in [0.29, 0.717) is 12.4 Å². The molecule has 0 aliphatic rings. The van der Waals surface area contributed by atoms with E-state index in [-0.39, 0.29) is 0 Å². The Bertz CT molecular complexity index is 596. The van der Waals surface area contributed by atoms with Crippen LogP contribution in [0.1, 0.15) is 11.4 Å². The maximum atomic E-state index is 5.17. The van der Waals surface area contributed by atoms with E-state index in [9.17, 15) is 0 Å². The lowest BCUT2D eigenvalue weighted by atomic mass is 10.2. The van der Waals surface area contributed by atoms with E-state index in [1.54, 1.807) is 11.8 Å². The minimum atomic E-state index is 0.421. The SMILES string of the molecule is CNc1nc(-c2cn(C)nc2C)nc(COC)c1Br. The molecule has 0 unspecified atom stereocenters. The average Bonchev–Trinajstić information content (AvgIpc) is 2.71. The first kappa shape index (κ1) is 14.0. The van der Waals surface area contributed by atoms with Crippen molar-refractivity contribution < 1.29 is 4.74 Å². The molecule has 2 aromatic rings. The lowest BCUT2D eigenvalue weighted by Gasteiger charge is -2.10. The largest absolute Gasteiger partial charge is 0.378 e. The summed E-state index contributed by atoms with van der Waals surface area (Å²) in [5.74, 6) is 1.38. The van der Waals surface area contributed by atoms with Crippen molar-refractivity contribution in [2.45, 2.75) is 13.5 Å². The van der Waals surface area contributed by atoms with Gasteiger partial charge in [0.25, 0.3) is 0 Å². The Morgan fingerprint density at radius 1 is 1.42 bits per heavy atom. The second-order valence-electron chi connectivity index (χ2n) is 4.14. The van der Waals surface area contributed by atoms with Gasteiger partial charge in [-0.1, -0.05) is 0 Å². The summed E-state index contributed by atoms with van der Waals surface area (Å²) in [5.41, 5.74) is 2.62. The van der Waals surface area contributed by atoms with Crippen molar-refractivity contribution in [2.24, 2.45) is 7.05 Å². The maximum Gasteiger partial charge on any atom is 0.165 e. The fourth-order valence-electron chi connectivity index (χ4n) is 1.83. The Balaban J connectivity index is 2.57. The number of methoxy groups -OCH3 is 1. The molecular formula is C12H16BrN5O. The van der Waals surface area contributed by atoms with E-state index in [4.69, 9.17) is 4.74 Å². The van der Waals surface area contributed by atoms with Crippen molar-refractivity contribution in [3.05, 3.63) is 22.1 Å². The Morgan fingerprint density at radius 2 is 2.16 bits per heavy atom. The molecule has 0 aromatic carbocycles. The number of ether oxygens (including phenoxy) is 1.